The highest BCUT2D eigenvalue weighted by molar-refractivity contribution is 7.89. The second-order valence-corrected chi connectivity index (χ2v) is 8.40. The van der Waals surface area contributed by atoms with Crippen molar-refractivity contribution in [2.24, 2.45) is 5.10 Å². The third-order valence-electron chi connectivity index (χ3n) is 3.44. The molecule has 0 aliphatic rings. The van der Waals surface area contributed by atoms with Gasteiger partial charge in [-0.05, 0) is 36.8 Å². The number of rotatable bonds is 6. The summed E-state index contributed by atoms with van der Waals surface area (Å²) in [6, 6.07) is 11.3. The summed E-state index contributed by atoms with van der Waals surface area (Å²) < 4.78 is 25.8. The zero-order chi connectivity index (χ0) is 19.3. The second-order valence-electron chi connectivity index (χ2n) is 5.54. The molecular weight excluding hydrogens is 397 g/mol. The number of hydrazone groups is 1. The molecular formula is C17H17Cl2N3O3S. The van der Waals surface area contributed by atoms with Crippen LogP contribution in [0.4, 0.5) is 0 Å². The minimum absolute atomic E-state index is 0.123. The van der Waals surface area contributed by atoms with Gasteiger partial charge in [-0.15, -0.1) is 0 Å². The van der Waals surface area contributed by atoms with Crippen LogP contribution in [-0.4, -0.2) is 38.4 Å². The van der Waals surface area contributed by atoms with E-state index in [0.29, 0.717) is 15.6 Å². The molecule has 26 heavy (non-hydrogen) atoms. The molecule has 0 fully saturated rings. The van der Waals surface area contributed by atoms with Gasteiger partial charge < -0.3 is 0 Å². The van der Waals surface area contributed by atoms with Crippen LogP contribution in [0.2, 0.25) is 10.0 Å². The van der Waals surface area contributed by atoms with Crippen molar-refractivity contribution < 1.29 is 13.2 Å². The molecule has 0 aliphatic carbocycles. The van der Waals surface area contributed by atoms with Crippen LogP contribution in [0.5, 0.6) is 0 Å². The Labute approximate surface area is 162 Å². The largest absolute Gasteiger partial charge is 0.272 e. The maximum absolute atomic E-state index is 12.4. The van der Waals surface area contributed by atoms with Gasteiger partial charge in [-0.2, -0.15) is 9.41 Å². The minimum atomic E-state index is -3.75. The smallest absolute Gasteiger partial charge is 0.255 e. The molecule has 9 heteroatoms. The zero-order valence-electron chi connectivity index (χ0n) is 14.1. The molecule has 6 nitrogen and oxygen atoms in total. The number of nitrogens with zero attached hydrogens (tertiary/aromatic N) is 2. The van der Waals surface area contributed by atoms with Crippen LogP contribution in [0.15, 0.2) is 52.5 Å². The standard InChI is InChI=1S/C17H17Cl2N3O3S/c1-12-3-6-14(7-4-12)26(24,25)22(2)11-17(23)21-20-10-13-5-8-15(18)16(19)9-13/h3-10H,11H2,1-2H3,(H,21,23)/b20-10+. The Hall–Kier alpha value is -1.93. The Morgan fingerprint density at radius 1 is 1.15 bits per heavy atom. The van der Waals surface area contributed by atoms with Crippen LogP contribution in [0.25, 0.3) is 0 Å². The molecule has 0 atom stereocenters. The second kappa shape index (κ2) is 8.64. The SMILES string of the molecule is Cc1ccc(S(=O)(=O)N(C)CC(=O)N/N=C/c2ccc(Cl)c(Cl)c2)cc1. The van der Waals surface area contributed by atoms with Crippen molar-refractivity contribution >= 4 is 45.3 Å². The van der Waals surface area contributed by atoms with Crippen molar-refractivity contribution in [1.29, 1.82) is 0 Å². The van der Waals surface area contributed by atoms with E-state index in [2.05, 4.69) is 10.5 Å². The van der Waals surface area contributed by atoms with Gasteiger partial charge in [0.05, 0.1) is 27.7 Å². The van der Waals surface area contributed by atoms with Crippen LogP contribution in [0.3, 0.4) is 0 Å². The summed E-state index contributed by atoms with van der Waals surface area (Å²) >= 11 is 11.7. The van der Waals surface area contributed by atoms with E-state index in [-0.39, 0.29) is 11.4 Å². The molecule has 138 valence electrons. The van der Waals surface area contributed by atoms with Crippen LogP contribution < -0.4 is 5.43 Å². The van der Waals surface area contributed by atoms with Crippen LogP contribution >= 0.6 is 23.2 Å². The highest BCUT2D eigenvalue weighted by atomic mass is 35.5. The van der Waals surface area contributed by atoms with Crippen molar-refractivity contribution in [3.05, 3.63) is 63.6 Å². The molecule has 0 radical (unpaired) electrons. The monoisotopic (exact) mass is 413 g/mol. The van der Waals surface area contributed by atoms with Crippen LogP contribution in [0, 0.1) is 6.92 Å². The van der Waals surface area contributed by atoms with Gasteiger partial charge in [0.15, 0.2) is 0 Å². The summed E-state index contributed by atoms with van der Waals surface area (Å²) in [6.45, 7) is 1.49. The van der Waals surface area contributed by atoms with Gasteiger partial charge >= 0.3 is 0 Å². The molecule has 0 aromatic heterocycles. The average molecular weight is 414 g/mol. The third-order valence-corrected chi connectivity index (χ3v) is 6.00. The van der Waals surface area contributed by atoms with E-state index >= 15 is 0 Å². The Morgan fingerprint density at radius 2 is 1.81 bits per heavy atom. The predicted molar refractivity (Wildman–Crippen MR) is 103 cm³/mol. The summed E-state index contributed by atoms with van der Waals surface area (Å²) in [4.78, 5) is 12.0. The molecule has 0 saturated heterocycles. The number of aryl methyl sites for hydroxylation is 1. The Balaban J connectivity index is 1.97. The van der Waals surface area contributed by atoms with E-state index in [0.717, 1.165) is 9.87 Å². The molecule has 0 bridgehead atoms. The third kappa shape index (κ3) is 5.28. The minimum Gasteiger partial charge on any atom is -0.272 e. The summed E-state index contributed by atoms with van der Waals surface area (Å²) in [5.41, 5.74) is 3.86. The lowest BCUT2D eigenvalue weighted by Crippen LogP contribution is -2.36. The molecule has 0 heterocycles. The number of hydrogen-bond donors (Lipinski definition) is 1. The first kappa shape index (κ1) is 20.4. The Morgan fingerprint density at radius 3 is 2.42 bits per heavy atom. The van der Waals surface area contributed by atoms with Gasteiger partial charge in [0.25, 0.3) is 5.91 Å². The molecule has 0 unspecified atom stereocenters. The molecule has 2 aromatic rings. The number of benzene rings is 2. The predicted octanol–water partition coefficient (Wildman–Crippen LogP) is 3.07. The number of nitrogens with one attached hydrogen (secondary N) is 1. The molecule has 0 spiro atoms. The first-order valence-electron chi connectivity index (χ1n) is 7.50. The summed E-state index contributed by atoms with van der Waals surface area (Å²) in [5, 5.41) is 4.56. The maximum Gasteiger partial charge on any atom is 0.255 e. The van der Waals surface area contributed by atoms with Crippen molar-refractivity contribution in [2.75, 3.05) is 13.6 Å². The first-order valence-corrected chi connectivity index (χ1v) is 9.69. The number of hydrogen-bond acceptors (Lipinski definition) is 4. The van der Waals surface area contributed by atoms with E-state index in [1.54, 1.807) is 30.3 Å². The molecule has 0 saturated carbocycles. The molecule has 2 aromatic carbocycles. The molecule has 1 amide bonds. The number of sulfonamides is 1. The highest BCUT2D eigenvalue weighted by Gasteiger charge is 2.22. The fraction of sp³-hybridized carbons (Fsp3) is 0.176. The summed E-state index contributed by atoms with van der Waals surface area (Å²) in [7, 11) is -2.42. The van der Waals surface area contributed by atoms with E-state index in [9.17, 15) is 13.2 Å². The van der Waals surface area contributed by atoms with Gasteiger partial charge in [0.1, 0.15) is 0 Å². The molecule has 0 aliphatic heterocycles. The van der Waals surface area contributed by atoms with E-state index in [1.807, 2.05) is 6.92 Å². The maximum atomic E-state index is 12.4. The normalized spacial score (nSPS) is 11.9. The van der Waals surface area contributed by atoms with E-state index in [1.165, 1.54) is 25.4 Å². The van der Waals surface area contributed by atoms with E-state index in [4.69, 9.17) is 23.2 Å². The fourth-order valence-electron chi connectivity index (χ4n) is 1.98. The van der Waals surface area contributed by atoms with Crippen molar-refractivity contribution in [3.8, 4) is 0 Å². The van der Waals surface area contributed by atoms with Crippen LogP contribution in [-0.2, 0) is 14.8 Å². The van der Waals surface area contributed by atoms with Gasteiger partial charge in [-0.1, -0.05) is 47.0 Å². The van der Waals surface area contributed by atoms with Crippen molar-refractivity contribution in [2.45, 2.75) is 11.8 Å². The number of carbonyl (C=O) groups is 1. The Kier molecular flexibility index (Phi) is 6.77. The number of halogens is 2. The van der Waals surface area contributed by atoms with Crippen molar-refractivity contribution in [1.82, 2.24) is 9.73 Å². The zero-order valence-corrected chi connectivity index (χ0v) is 16.4. The first-order chi connectivity index (χ1) is 12.2. The summed E-state index contributed by atoms with van der Waals surface area (Å²) in [6.07, 6.45) is 1.38. The average Bonchev–Trinajstić information content (AvgIpc) is 2.58. The lowest BCUT2D eigenvalue weighted by molar-refractivity contribution is -0.121. The molecule has 2 rings (SSSR count). The van der Waals surface area contributed by atoms with Gasteiger partial charge in [-0.25, -0.2) is 13.8 Å². The van der Waals surface area contributed by atoms with Gasteiger partial charge in [0, 0.05) is 7.05 Å². The number of likely N-dealkylation sites (N-methyl/N-ethyl adjacent to an activating group) is 1. The molecule has 1 N–H and O–H groups in total. The van der Waals surface area contributed by atoms with Crippen molar-refractivity contribution in [3.63, 3.8) is 0 Å². The highest BCUT2D eigenvalue weighted by Crippen LogP contribution is 2.21. The number of carbonyl (C=O) groups excluding carboxylic acids is 1. The lowest BCUT2D eigenvalue weighted by Gasteiger charge is -2.16. The lowest BCUT2D eigenvalue weighted by atomic mass is 10.2. The van der Waals surface area contributed by atoms with Crippen LogP contribution in [0.1, 0.15) is 11.1 Å². The van der Waals surface area contributed by atoms with E-state index < -0.39 is 15.9 Å². The quantitative estimate of drug-likeness (QED) is 0.583. The van der Waals surface area contributed by atoms with Gasteiger partial charge in [0.2, 0.25) is 10.0 Å². The number of amides is 1. The fourth-order valence-corrected chi connectivity index (χ4v) is 3.42. The van der Waals surface area contributed by atoms with Gasteiger partial charge in [-0.3, -0.25) is 4.79 Å². The summed E-state index contributed by atoms with van der Waals surface area (Å²) in [5.74, 6) is -0.570. The topological polar surface area (TPSA) is 78.8 Å². The Bertz CT molecular complexity index is 929.